The Balaban J connectivity index is 1.41. The highest BCUT2D eigenvalue weighted by atomic mass is 79.9. The molecule has 0 saturated carbocycles. The summed E-state index contributed by atoms with van der Waals surface area (Å²) < 4.78 is 2.79. The molecular formula is C29H30BrN6O2+. The number of aliphatic hydroxyl groups is 1. The van der Waals surface area contributed by atoms with E-state index in [1.54, 1.807) is 18.5 Å². The Hall–Kier alpha value is -3.56. The second-order valence-corrected chi connectivity index (χ2v) is 10.2. The van der Waals surface area contributed by atoms with Crippen molar-refractivity contribution in [1.29, 1.82) is 0 Å². The zero-order valence-corrected chi connectivity index (χ0v) is 22.9. The van der Waals surface area contributed by atoms with E-state index in [0.717, 1.165) is 56.6 Å². The van der Waals surface area contributed by atoms with Crippen LogP contribution in [0.2, 0.25) is 0 Å². The molecule has 1 amide bonds. The first kappa shape index (κ1) is 26.1. The number of rotatable bonds is 7. The Morgan fingerprint density at radius 1 is 1.26 bits per heavy atom. The molecular weight excluding hydrogens is 544 g/mol. The molecule has 0 aromatic carbocycles. The van der Waals surface area contributed by atoms with E-state index in [4.69, 9.17) is 4.98 Å². The SMILES string of the molecule is C=CCC(CO)C(=O)N1CCC(c2nc3[n+](c(=CC)c2Br)=NC=C3c2ccc(-c3cccnc3)nc2)CC1. The van der Waals surface area contributed by atoms with Crippen molar-refractivity contribution in [2.24, 2.45) is 11.0 Å². The van der Waals surface area contributed by atoms with E-state index in [-0.39, 0.29) is 18.4 Å². The van der Waals surface area contributed by atoms with Gasteiger partial charge in [-0.05, 0) is 71.4 Å². The number of carbonyl (C=O) groups excluding carboxylic acids is 1. The highest BCUT2D eigenvalue weighted by Gasteiger charge is 2.34. The maximum atomic E-state index is 12.9. The predicted molar refractivity (Wildman–Crippen MR) is 148 cm³/mol. The van der Waals surface area contributed by atoms with Crippen LogP contribution in [0.5, 0.6) is 0 Å². The molecule has 1 atom stereocenters. The lowest BCUT2D eigenvalue weighted by Crippen LogP contribution is -2.44. The predicted octanol–water partition coefficient (Wildman–Crippen LogP) is 3.71. The van der Waals surface area contributed by atoms with Crippen LogP contribution in [-0.4, -0.2) is 50.6 Å². The summed E-state index contributed by atoms with van der Waals surface area (Å²) in [4.78, 5) is 28.7. The molecule has 8 nitrogen and oxygen atoms in total. The number of fused-ring (bicyclic) bond motifs is 1. The number of amides is 1. The summed E-state index contributed by atoms with van der Waals surface area (Å²) in [6, 6.07) is 7.91. The van der Waals surface area contributed by atoms with Crippen LogP contribution in [0.25, 0.3) is 22.9 Å². The van der Waals surface area contributed by atoms with Crippen molar-refractivity contribution < 1.29 is 14.3 Å². The Bertz CT molecular complexity index is 1500. The van der Waals surface area contributed by atoms with Gasteiger partial charge in [0, 0.05) is 48.7 Å². The van der Waals surface area contributed by atoms with E-state index in [2.05, 4.69) is 37.6 Å². The molecule has 3 aromatic heterocycles. The summed E-state index contributed by atoms with van der Waals surface area (Å²) in [6.07, 6.45) is 13.0. The van der Waals surface area contributed by atoms with Gasteiger partial charge in [0.2, 0.25) is 5.91 Å². The number of halogens is 1. The lowest BCUT2D eigenvalue weighted by molar-refractivity contribution is -0.561. The van der Waals surface area contributed by atoms with Crippen LogP contribution in [0.4, 0.5) is 0 Å². The Morgan fingerprint density at radius 3 is 2.71 bits per heavy atom. The molecule has 5 heterocycles. The van der Waals surface area contributed by atoms with Crippen molar-refractivity contribution in [3.63, 3.8) is 0 Å². The van der Waals surface area contributed by atoms with Crippen LogP contribution in [0, 0.1) is 5.92 Å². The third kappa shape index (κ3) is 4.96. The Morgan fingerprint density at radius 2 is 2.08 bits per heavy atom. The number of likely N-dealkylation sites (tertiary alicyclic amines) is 1. The molecule has 5 rings (SSSR count). The first-order valence-corrected chi connectivity index (χ1v) is 13.6. The molecule has 3 aromatic rings. The fourth-order valence-corrected chi connectivity index (χ4v) is 5.87. The van der Waals surface area contributed by atoms with E-state index >= 15 is 0 Å². The minimum absolute atomic E-state index is 0.00350. The van der Waals surface area contributed by atoms with Gasteiger partial charge in [0.1, 0.15) is 10.0 Å². The number of aliphatic hydroxyl groups excluding tert-OH is 1. The lowest BCUT2D eigenvalue weighted by Gasteiger charge is -2.33. The monoisotopic (exact) mass is 573 g/mol. The van der Waals surface area contributed by atoms with Gasteiger partial charge in [0.05, 0.1) is 24.4 Å². The number of carbonyl (C=O) groups is 1. The van der Waals surface area contributed by atoms with Crippen molar-refractivity contribution in [1.82, 2.24) is 19.9 Å². The average Bonchev–Trinajstić information content (AvgIpc) is 3.39. The third-order valence-electron chi connectivity index (χ3n) is 7.17. The first-order chi connectivity index (χ1) is 18.5. The van der Waals surface area contributed by atoms with Gasteiger partial charge in [0.15, 0.2) is 11.0 Å². The van der Waals surface area contributed by atoms with Crippen LogP contribution in [-0.2, 0) is 4.79 Å². The van der Waals surface area contributed by atoms with Gasteiger partial charge in [-0.25, -0.2) is 0 Å². The van der Waals surface area contributed by atoms with Crippen LogP contribution >= 0.6 is 15.9 Å². The van der Waals surface area contributed by atoms with Gasteiger partial charge in [-0.3, -0.25) is 14.8 Å². The lowest BCUT2D eigenvalue weighted by atomic mass is 9.91. The summed E-state index contributed by atoms with van der Waals surface area (Å²) >= 11 is 3.80. The maximum Gasteiger partial charge on any atom is 0.358 e. The minimum atomic E-state index is -0.418. The molecule has 0 aliphatic carbocycles. The second-order valence-electron chi connectivity index (χ2n) is 9.46. The van der Waals surface area contributed by atoms with Gasteiger partial charge < -0.3 is 10.0 Å². The van der Waals surface area contributed by atoms with E-state index in [0.29, 0.717) is 19.5 Å². The highest BCUT2D eigenvalue weighted by molar-refractivity contribution is 9.10. The van der Waals surface area contributed by atoms with Gasteiger partial charge in [-0.2, -0.15) is 0 Å². The minimum Gasteiger partial charge on any atom is -0.396 e. The van der Waals surface area contributed by atoms with Crippen LogP contribution in [0.1, 0.15) is 49.2 Å². The van der Waals surface area contributed by atoms with E-state index < -0.39 is 5.92 Å². The van der Waals surface area contributed by atoms with Crippen LogP contribution < -0.4 is 9.71 Å². The summed E-state index contributed by atoms with van der Waals surface area (Å²) in [5, 5.41) is 15.2. The number of allylic oxidation sites excluding steroid dienone is 1. The van der Waals surface area contributed by atoms with Crippen LogP contribution in [0.15, 0.2) is 71.3 Å². The normalized spacial score (nSPS) is 16.6. The number of aromatic nitrogens is 4. The number of piperidine rings is 1. The molecule has 2 aliphatic heterocycles. The number of pyridine rings is 2. The molecule has 38 heavy (non-hydrogen) atoms. The molecule has 0 spiro atoms. The molecule has 1 N–H and O–H groups in total. The topological polar surface area (TPSA) is 97.5 Å². The van der Waals surface area contributed by atoms with Crippen LogP contribution in [0.3, 0.4) is 0 Å². The quantitative estimate of drug-likeness (QED) is 0.343. The van der Waals surface area contributed by atoms with Gasteiger partial charge >= 0.3 is 5.82 Å². The first-order valence-electron chi connectivity index (χ1n) is 12.8. The van der Waals surface area contributed by atoms with Gasteiger partial charge in [-0.15, -0.1) is 6.58 Å². The Kier molecular flexibility index (Phi) is 7.85. The average molecular weight is 575 g/mol. The van der Waals surface area contributed by atoms with E-state index in [9.17, 15) is 9.90 Å². The van der Waals surface area contributed by atoms with E-state index in [1.165, 1.54) is 0 Å². The Labute approximate surface area is 230 Å². The molecule has 194 valence electrons. The van der Waals surface area contributed by atoms with Crippen molar-refractivity contribution >= 4 is 33.5 Å². The smallest absolute Gasteiger partial charge is 0.358 e. The zero-order valence-electron chi connectivity index (χ0n) is 21.3. The van der Waals surface area contributed by atoms with Crippen molar-refractivity contribution in [3.05, 3.63) is 88.6 Å². The van der Waals surface area contributed by atoms with Crippen molar-refractivity contribution in [2.45, 2.75) is 32.1 Å². The van der Waals surface area contributed by atoms with E-state index in [1.807, 2.05) is 58.9 Å². The molecule has 0 radical (unpaired) electrons. The fourth-order valence-electron chi connectivity index (χ4n) is 5.06. The van der Waals surface area contributed by atoms with Crippen molar-refractivity contribution in [3.8, 4) is 11.3 Å². The third-order valence-corrected chi connectivity index (χ3v) is 7.98. The summed E-state index contributed by atoms with van der Waals surface area (Å²) in [5.74, 6) is 0.547. The zero-order chi connectivity index (χ0) is 26.6. The number of nitrogens with zero attached hydrogens (tertiary/aromatic N) is 6. The largest absolute Gasteiger partial charge is 0.396 e. The maximum absolute atomic E-state index is 12.9. The molecule has 0 bridgehead atoms. The summed E-state index contributed by atoms with van der Waals surface area (Å²) in [5.41, 5.74) is 4.65. The molecule has 1 fully saturated rings. The van der Waals surface area contributed by atoms with Gasteiger partial charge in [-0.1, -0.05) is 21.6 Å². The molecule has 9 heteroatoms. The molecule has 1 saturated heterocycles. The standard InChI is InChI=1S/C29H30BrN6O2/c1-3-6-22(18-37)29(38)35-13-10-19(11-14-35)27-26(30)25(4-2)36-28(34-27)23(17-33-36)20-8-9-24(32-16-20)21-7-5-12-31-15-21/h3-5,7-9,12,15-17,19,22,37H,1,6,10-11,13-14,18H2,2H3/q+1. The molecule has 2 aliphatic rings. The van der Waals surface area contributed by atoms with Gasteiger partial charge in [0.25, 0.3) is 0 Å². The fraction of sp³-hybridized carbons (Fsp3) is 0.310. The van der Waals surface area contributed by atoms with Crippen molar-refractivity contribution in [2.75, 3.05) is 19.7 Å². The summed E-state index contributed by atoms with van der Waals surface area (Å²) in [7, 11) is 0. The number of hydrogen-bond acceptors (Lipinski definition) is 6. The number of hydrogen-bond donors (Lipinski definition) is 1. The second kappa shape index (κ2) is 11.4. The summed E-state index contributed by atoms with van der Waals surface area (Å²) in [6.45, 7) is 6.80. The molecule has 1 unspecified atom stereocenters. The highest BCUT2D eigenvalue weighted by Crippen LogP contribution is 2.32.